The lowest BCUT2D eigenvalue weighted by molar-refractivity contribution is -0.331. The molecule has 0 aromatic heterocycles. The molecule has 228 valence electrons. The van der Waals surface area contributed by atoms with Crippen molar-refractivity contribution in [2.24, 2.45) is 17.3 Å². The highest BCUT2D eigenvalue weighted by atomic mass is 16.7. The van der Waals surface area contributed by atoms with Gasteiger partial charge in [0, 0.05) is 50.0 Å². The van der Waals surface area contributed by atoms with E-state index in [1.165, 1.54) is 51.6 Å². The van der Waals surface area contributed by atoms with E-state index < -0.39 is 11.8 Å². The Balaban J connectivity index is 1.24. The van der Waals surface area contributed by atoms with Gasteiger partial charge in [-0.1, -0.05) is 40.5 Å². The summed E-state index contributed by atoms with van der Waals surface area (Å²) in [6, 6.07) is -0.0114. The van der Waals surface area contributed by atoms with Crippen LogP contribution < -0.4 is 5.32 Å². The highest BCUT2D eigenvalue weighted by Crippen LogP contribution is 2.47. The summed E-state index contributed by atoms with van der Waals surface area (Å²) in [6.45, 7) is 16.7. The molecule has 0 aromatic rings. The third-order valence-corrected chi connectivity index (χ3v) is 10.5. The zero-order valence-corrected chi connectivity index (χ0v) is 26.0. The van der Waals surface area contributed by atoms with Gasteiger partial charge in [-0.15, -0.1) is 0 Å². The lowest BCUT2D eigenvalue weighted by Gasteiger charge is -2.56. The van der Waals surface area contributed by atoms with Crippen molar-refractivity contribution < 1.29 is 19.1 Å². The van der Waals surface area contributed by atoms with E-state index in [1.54, 1.807) is 0 Å². The molecule has 4 atom stereocenters. The van der Waals surface area contributed by atoms with E-state index in [9.17, 15) is 9.59 Å². The van der Waals surface area contributed by atoms with Crippen molar-refractivity contribution in [1.29, 1.82) is 0 Å². The number of ether oxygens (including phenoxy) is 2. The molecule has 0 aromatic carbocycles. The Morgan fingerprint density at radius 2 is 1.70 bits per heavy atom. The van der Waals surface area contributed by atoms with Crippen LogP contribution in [0.1, 0.15) is 98.8 Å². The van der Waals surface area contributed by atoms with Gasteiger partial charge in [-0.3, -0.25) is 14.5 Å². The molecule has 40 heavy (non-hydrogen) atoms. The zero-order valence-electron chi connectivity index (χ0n) is 26.0. The second-order valence-electron chi connectivity index (χ2n) is 14.5. The van der Waals surface area contributed by atoms with Gasteiger partial charge < -0.3 is 24.6 Å². The quantitative estimate of drug-likeness (QED) is 0.507. The van der Waals surface area contributed by atoms with E-state index in [0.717, 1.165) is 26.2 Å². The molecule has 1 N–H and O–H groups in total. The van der Waals surface area contributed by atoms with Crippen LogP contribution in [0.3, 0.4) is 0 Å². The van der Waals surface area contributed by atoms with Crippen LogP contribution in [0.2, 0.25) is 0 Å². The largest absolute Gasteiger partial charge is 0.349 e. The van der Waals surface area contributed by atoms with Crippen molar-refractivity contribution in [3.8, 4) is 0 Å². The Kier molecular flexibility index (Phi) is 9.50. The Hall–Kier alpha value is -1.22. The van der Waals surface area contributed by atoms with Gasteiger partial charge in [0.25, 0.3) is 0 Å². The number of rotatable bonds is 7. The second kappa shape index (κ2) is 12.6. The summed E-state index contributed by atoms with van der Waals surface area (Å²) < 4.78 is 13.5. The topological polar surface area (TPSA) is 74.3 Å². The maximum absolute atomic E-state index is 14.1. The number of piperazine rings is 1. The van der Waals surface area contributed by atoms with Gasteiger partial charge in [0.15, 0.2) is 5.79 Å². The fourth-order valence-corrected chi connectivity index (χ4v) is 8.37. The van der Waals surface area contributed by atoms with Gasteiger partial charge >= 0.3 is 0 Å². The molecule has 4 heterocycles. The number of carbonyl (C=O) groups is 2. The summed E-state index contributed by atoms with van der Waals surface area (Å²) >= 11 is 0. The van der Waals surface area contributed by atoms with Crippen molar-refractivity contribution in [2.45, 2.75) is 129 Å². The Labute approximate surface area is 242 Å². The molecule has 4 saturated heterocycles. The second-order valence-corrected chi connectivity index (χ2v) is 14.5. The van der Waals surface area contributed by atoms with Crippen LogP contribution in [0.25, 0.3) is 0 Å². The lowest BCUT2D eigenvalue weighted by Crippen LogP contribution is -2.65. The minimum absolute atomic E-state index is 0.00942. The van der Waals surface area contributed by atoms with Crippen LogP contribution >= 0.6 is 0 Å². The average molecular weight is 561 g/mol. The summed E-state index contributed by atoms with van der Waals surface area (Å²) in [7, 11) is 0. The molecule has 4 aliphatic heterocycles. The summed E-state index contributed by atoms with van der Waals surface area (Å²) in [5.41, 5.74) is 0.113. The number of amides is 2. The molecule has 1 saturated carbocycles. The minimum atomic E-state index is -0.588. The highest BCUT2D eigenvalue weighted by Gasteiger charge is 2.53. The van der Waals surface area contributed by atoms with Crippen LogP contribution in [0.5, 0.6) is 0 Å². The molecule has 5 rings (SSSR count). The molecule has 8 heteroatoms. The van der Waals surface area contributed by atoms with Gasteiger partial charge in [-0.25, -0.2) is 0 Å². The third-order valence-electron chi connectivity index (χ3n) is 10.5. The molecule has 1 unspecified atom stereocenters. The van der Waals surface area contributed by atoms with E-state index in [-0.39, 0.29) is 29.3 Å². The van der Waals surface area contributed by atoms with E-state index in [4.69, 9.17) is 9.47 Å². The highest BCUT2D eigenvalue weighted by molar-refractivity contribution is 5.90. The molecule has 8 nitrogen and oxygen atoms in total. The van der Waals surface area contributed by atoms with Crippen molar-refractivity contribution in [3.05, 3.63) is 0 Å². The normalized spacial score (nSPS) is 36.8. The molecule has 5 aliphatic rings. The number of nitrogens with one attached hydrogen (secondary N) is 1. The van der Waals surface area contributed by atoms with Gasteiger partial charge in [0.1, 0.15) is 6.04 Å². The molecule has 5 fully saturated rings. The van der Waals surface area contributed by atoms with Crippen LogP contribution in [0, 0.1) is 17.3 Å². The fourth-order valence-electron chi connectivity index (χ4n) is 8.37. The first kappa shape index (κ1) is 30.2. The van der Waals surface area contributed by atoms with Crippen LogP contribution in [-0.4, -0.2) is 102 Å². The first-order valence-electron chi connectivity index (χ1n) is 16.5. The Bertz CT molecular complexity index is 880. The molecular formula is C32H56N4O4. The summed E-state index contributed by atoms with van der Waals surface area (Å²) in [5, 5.41) is 3.40. The molecule has 0 bridgehead atoms. The smallest absolute Gasteiger partial charge is 0.245 e. The molecular weight excluding hydrogens is 504 g/mol. The predicted octanol–water partition coefficient (Wildman–Crippen LogP) is 4.03. The summed E-state index contributed by atoms with van der Waals surface area (Å²) in [5.74, 6) is 0.349. The summed E-state index contributed by atoms with van der Waals surface area (Å²) in [4.78, 5) is 34.3. The maximum Gasteiger partial charge on any atom is 0.245 e. The Morgan fingerprint density at radius 3 is 2.35 bits per heavy atom. The lowest BCUT2D eigenvalue weighted by atomic mass is 9.69. The van der Waals surface area contributed by atoms with E-state index >= 15 is 0 Å². The van der Waals surface area contributed by atoms with Crippen LogP contribution in [-0.2, 0) is 19.1 Å². The van der Waals surface area contributed by atoms with Crippen molar-refractivity contribution in [3.63, 3.8) is 0 Å². The van der Waals surface area contributed by atoms with Gasteiger partial charge in [-0.05, 0) is 70.4 Å². The first-order chi connectivity index (χ1) is 19.1. The van der Waals surface area contributed by atoms with Gasteiger partial charge in [-0.2, -0.15) is 0 Å². The minimum Gasteiger partial charge on any atom is -0.349 e. The number of hydrogen-bond donors (Lipinski definition) is 1. The van der Waals surface area contributed by atoms with Crippen LogP contribution in [0.15, 0.2) is 0 Å². The third kappa shape index (κ3) is 6.25. The van der Waals surface area contributed by atoms with Crippen molar-refractivity contribution in [1.82, 2.24) is 20.0 Å². The average Bonchev–Trinajstić information content (AvgIpc) is 3.45. The van der Waals surface area contributed by atoms with Crippen molar-refractivity contribution >= 4 is 11.8 Å². The van der Waals surface area contributed by atoms with E-state index in [0.29, 0.717) is 50.2 Å². The van der Waals surface area contributed by atoms with Crippen molar-refractivity contribution in [2.75, 3.05) is 45.9 Å². The number of nitrogens with zero attached hydrogens (tertiary/aromatic N) is 3. The Morgan fingerprint density at radius 1 is 0.975 bits per heavy atom. The van der Waals surface area contributed by atoms with Gasteiger partial charge in [0.2, 0.25) is 11.8 Å². The standard InChI is InChI=1S/C32H56N4O4/c1-23(2)18-26-29(37)36(17-13-33-26)27(19-24(3)4)30(38)35-16-12-32(20-25(35)5)39-21-31(22-40-32)11-7-6-10-28(31)34-14-8-9-15-34/h23-28,33H,6-22H2,1-5H3/t25-,26-,27-,28?,31?,32?/m0/s1. The SMILES string of the molecule is CC(C)C[C@@H]1NCCN([C@@H](CC(C)C)C(=O)N2CCC3(C[C@@H]2C)OCC2(CCCCC2N2CCCC2)CO3)C1=O. The zero-order chi connectivity index (χ0) is 28.5. The van der Waals surface area contributed by atoms with Gasteiger partial charge in [0.05, 0.1) is 19.3 Å². The number of likely N-dealkylation sites (tertiary alicyclic amines) is 2. The fraction of sp³-hybridized carbons (Fsp3) is 0.938. The van der Waals surface area contributed by atoms with E-state index in [1.807, 2.05) is 9.80 Å². The number of carbonyl (C=O) groups excluding carboxylic acids is 2. The monoisotopic (exact) mass is 560 g/mol. The number of piperidine rings is 1. The maximum atomic E-state index is 14.1. The number of hydrogen-bond acceptors (Lipinski definition) is 6. The molecule has 0 radical (unpaired) electrons. The molecule has 2 amide bonds. The summed E-state index contributed by atoms with van der Waals surface area (Å²) in [6.07, 6.45) is 10.6. The first-order valence-corrected chi connectivity index (χ1v) is 16.5. The molecule has 2 spiro atoms. The predicted molar refractivity (Wildman–Crippen MR) is 157 cm³/mol. The van der Waals surface area contributed by atoms with Crippen LogP contribution in [0.4, 0.5) is 0 Å². The van der Waals surface area contributed by atoms with E-state index in [2.05, 4.69) is 44.8 Å². The molecule has 1 aliphatic carbocycles.